The number of hydrogen-bond acceptors (Lipinski definition) is 4. The van der Waals surface area contributed by atoms with Crippen molar-refractivity contribution in [3.05, 3.63) is 39.2 Å². The predicted octanol–water partition coefficient (Wildman–Crippen LogP) is 3.65. The highest BCUT2D eigenvalue weighted by Crippen LogP contribution is 2.33. The molecule has 21 heavy (non-hydrogen) atoms. The molecule has 1 heterocycles. The summed E-state index contributed by atoms with van der Waals surface area (Å²) in [5.74, 6) is 0.487. The molecule has 0 amide bonds. The van der Waals surface area contributed by atoms with Crippen molar-refractivity contribution < 1.29 is 13.9 Å². The summed E-state index contributed by atoms with van der Waals surface area (Å²) in [6.07, 6.45) is 2.67. The number of rotatable bonds is 2. The summed E-state index contributed by atoms with van der Waals surface area (Å²) >= 11 is 6.23. The van der Waals surface area contributed by atoms with E-state index in [1.807, 2.05) is 6.92 Å². The van der Waals surface area contributed by atoms with Crippen LogP contribution in [0.3, 0.4) is 0 Å². The highest BCUT2D eigenvalue weighted by atomic mass is 35.5. The minimum Gasteiger partial charge on any atom is -0.481 e. The molecule has 0 radical (unpaired) electrons. The van der Waals surface area contributed by atoms with Gasteiger partial charge in [-0.1, -0.05) is 11.6 Å². The predicted molar refractivity (Wildman–Crippen MR) is 80.1 cm³/mol. The topological polar surface area (TPSA) is 56.5 Å². The Bertz CT molecular complexity index is 763. The normalized spacial score (nSPS) is 19.0. The lowest BCUT2D eigenvalue weighted by Gasteiger charge is -2.22. The van der Waals surface area contributed by atoms with Crippen LogP contribution in [0.15, 0.2) is 27.4 Å². The average Bonchev–Trinajstić information content (AvgIpc) is 2.43. The maximum atomic E-state index is 11.8. The minimum atomic E-state index is -0.453. The molecule has 1 aromatic heterocycles. The number of halogens is 1. The van der Waals surface area contributed by atoms with Crippen molar-refractivity contribution in [1.82, 2.24) is 0 Å². The van der Waals surface area contributed by atoms with Crippen molar-refractivity contribution in [1.29, 1.82) is 0 Å². The van der Waals surface area contributed by atoms with E-state index in [4.69, 9.17) is 20.8 Å². The maximum absolute atomic E-state index is 11.8. The van der Waals surface area contributed by atoms with Gasteiger partial charge in [0.1, 0.15) is 11.3 Å². The highest BCUT2D eigenvalue weighted by molar-refractivity contribution is 6.32. The van der Waals surface area contributed by atoms with Crippen molar-refractivity contribution >= 4 is 28.4 Å². The molecule has 1 fully saturated rings. The quantitative estimate of drug-likeness (QED) is 0.795. The molecule has 1 aliphatic carbocycles. The minimum absolute atomic E-state index is 0.100. The molecule has 1 aromatic carbocycles. The Labute approximate surface area is 126 Å². The fourth-order valence-electron chi connectivity index (χ4n) is 2.64. The first-order chi connectivity index (χ1) is 10.0. The van der Waals surface area contributed by atoms with Gasteiger partial charge in [-0.3, -0.25) is 4.79 Å². The van der Waals surface area contributed by atoms with Crippen LogP contribution in [0.5, 0.6) is 5.75 Å². The van der Waals surface area contributed by atoms with Gasteiger partial charge in [0, 0.05) is 23.9 Å². The molecule has 4 nitrogen and oxygen atoms in total. The third-order valence-electron chi connectivity index (χ3n) is 3.77. The number of ether oxygens (including phenoxy) is 1. The van der Waals surface area contributed by atoms with E-state index in [9.17, 15) is 9.59 Å². The van der Waals surface area contributed by atoms with E-state index >= 15 is 0 Å². The molecular weight excluding hydrogens is 292 g/mol. The summed E-state index contributed by atoms with van der Waals surface area (Å²) in [7, 11) is 0. The van der Waals surface area contributed by atoms with Crippen LogP contribution in [0, 0.1) is 6.92 Å². The molecule has 110 valence electrons. The Kier molecular flexibility index (Phi) is 3.72. The van der Waals surface area contributed by atoms with Gasteiger partial charge in [-0.15, -0.1) is 0 Å². The molecule has 0 N–H and O–H groups in total. The fraction of sp³-hybridized carbons (Fsp3) is 0.375. The summed E-state index contributed by atoms with van der Waals surface area (Å²) in [4.78, 5) is 23.3. The summed E-state index contributed by atoms with van der Waals surface area (Å²) in [5, 5.41) is 1.18. The van der Waals surface area contributed by atoms with Crippen molar-refractivity contribution in [2.45, 2.75) is 38.7 Å². The summed E-state index contributed by atoms with van der Waals surface area (Å²) < 4.78 is 10.9. The molecule has 5 heteroatoms. The lowest BCUT2D eigenvalue weighted by atomic mass is 9.96. The number of hydrogen-bond donors (Lipinski definition) is 0. The molecule has 1 aliphatic rings. The third kappa shape index (κ3) is 2.81. The highest BCUT2D eigenvalue weighted by Gasteiger charge is 2.25. The fourth-order valence-corrected chi connectivity index (χ4v) is 2.85. The van der Waals surface area contributed by atoms with Crippen LogP contribution in [0.25, 0.3) is 11.0 Å². The number of fused-ring (bicyclic) bond motifs is 1. The first-order valence-corrected chi connectivity index (χ1v) is 7.36. The summed E-state index contributed by atoms with van der Waals surface area (Å²) in [5.41, 5.74) is 0.799. The third-order valence-corrected chi connectivity index (χ3v) is 4.07. The van der Waals surface area contributed by atoms with Gasteiger partial charge in [-0.05, 0) is 37.8 Å². The second-order valence-electron chi connectivity index (χ2n) is 5.35. The zero-order valence-corrected chi connectivity index (χ0v) is 12.4. The van der Waals surface area contributed by atoms with Gasteiger partial charge in [0.2, 0.25) is 0 Å². The van der Waals surface area contributed by atoms with Gasteiger partial charge in [-0.2, -0.15) is 0 Å². The molecule has 2 aromatic rings. The van der Waals surface area contributed by atoms with Gasteiger partial charge in [0.05, 0.1) is 5.02 Å². The summed E-state index contributed by atoms with van der Waals surface area (Å²) in [6.45, 7) is 1.82. The van der Waals surface area contributed by atoms with E-state index in [2.05, 4.69) is 0 Å². The standard InChI is InChI=1S/C16H15ClO4/c1-9-6-16(19)21-14-8-15(11(17)7-10(9)14)20-13-5-3-2-4-12(13)18/h6-8,13H,2-5H2,1H3. The van der Waals surface area contributed by atoms with Crippen LogP contribution in [0.2, 0.25) is 5.02 Å². The molecular formula is C16H15ClO4. The second-order valence-corrected chi connectivity index (χ2v) is 5.75. The van der Waals surface area contributed by atoms with Gasteiger partial charge < -0.3 is 9.15 Å². The van der Waals surface area contributed by atoms with Crippen LogP contribution >= 0.6 is 11.6 Å². The molecule has 0 bridgehead atoms. The molecule has 1 atom stereocenters. The summed E-state index contributed by atoms with van der Waals surface area (Å²) in [6, 6.07) is 4.72. The number of carbonyl (C=O) groups excluding carboxylic acids is 1. The van der Waals surface area contributed by atoms with Gasteiger partial charge in [-0.25, -0.2) is 4.79 Å². The van der Waals surface area contributed by atoms with Crippen molar-refractivity contribution in [2.75, 3.05) is 0 Å². The monoisotopic (exact) mass is 306 g/mol. The first-order valence-electron chi connectivity index (χ1n) is 6.98. The molecule has 3 rings (SSSR count). The van der Waals surface area contributed by atoms with Crippen molar-refractivity contribution in [3.8, 4) is 5.75 Å². The Hall–Kier alpha value is -1.81. The number of ketones is 1. The van der Waals surface area contributed by atoms with E-state index in [1.165, 1.54) is 6.07 Å². The van der Waals surface area contributed by atoms with Crippen LogP contribution in [-0.2, 0) is 4.79 Å². The van der Waals surface area contributed by atoms with E-state index in [0.717, 1.165) is 23.8 Å². The van der Waals surface area contributed by atoms with Crippen LogP contribution < -0.4 is 10.4 Å². The Morgan fingerprint density at radius 1 is 1.24 bits per heavy atom. The SMILES string of the molecule is Cc1cc(=O)oc2cc(OC3CCCCC3=O)c(Cl)cc12. The number of aryl methyl sites for hydroxylation is 1. The van der Waals surface area contributed by atoms with E-state index in [1.54, 1.807) is 12.1 Å². The molecule has 1 unspecified atom stereocenters. The van der Waals surface area contributed by atoms with Crippen LogP contribution in [0.1, 0.15) is 31.2 Å². The number of benzene rings is 1. The van der Waals surface area contributed by atoms with Crippen molar-refractivity contribution in [2.24, 2.45) is 0 Å². The zero-order chi connectivity index (χ0) is 15.0. The molecule has 0 spiro atoms. The maximum Gasteiger partial charge on any atom is 0.336 e. The molecule has 0 saturated heterocycles. The van der Waals surface area contributed by atoms with E-state index < -0.39 is 11.7 Å². The van der Waals surface area contributed by atoms with Gasteiger partial charge >= 0.3 is 5.63 Å². The van der Waals surface area contributed by atoms with E-state index in [-0.39, 0.29) is 5.78 Å². The average molecular weight is 307 g/mol. The zero-order valence-electron chi connectivity index (χ0n) is 11.6. The Morgan fingerprint density at radius 2 is 2.05 bits per heavy atom. The van der Waals surface area contributed by atoms with Crippen molar-refractivity contribution in [3.63, 3.8) is 0 Å². The van der Waals surface area contributed by atoms with Gasteiger partial charge in [0.15, 0.2) is 11.9 Å². The lowest BCUT2D eigenvalue weighted by Crippen LogP contribution is -2.30. The largest absolute Gasteiger partial charge is 0.481 e. The Balaban J connectivity index is 2.00. The number of carbonyl (C=O) groups is 1. The van der Waals surface area contributed by atoms with Gasteiger partial charge in [0.25, 0.3) is 0 Å². The smallest absolute Gasteiger partial charge is 0.336 e. The van der Waals surface area contributed by atoms with E-state index in [0.29, 0.717) is 29.2 Å². The number of Topliss-reactive ketones (excluding diaryl/α,β-unsaturated/α-hetero) is 1. The first kappa shape index (κ1) is 14.1. The Morgan fingerprint density at radius 3 is 2.81 bits per heavy atom. The molecule has 1 saturated carbocycles. The van der Waals surface area contributed by atoms with Crippen LogP contribution in [0.4, 0.5) is 0 Å². The molecule has 0 aliphatic heterocycles. The second kappa shape index (κ2) is 5.53. The van der Waals surface area contributed by atoms with Crippen LogP contribution in [-0.4, -0.2) is 11.9 Å². The lowest BCUT2D eigenvalue weighted by molar-refractivity contribution is -0.127.